The van der Waals surface area contributed by atoms with Crippen molar-refractivity contribution in [2.45, 2.75) is 84.6 Å². The Morgan fingerprint density at radius 3 is 2.34 bits per heavy atom. The van der Waals surface area contributed by atoms with Crippen LogP contribution in [0.25, 0.3) is 0 Å². The number of ether oxygens (including phenoxy) is 1. The van der Waals surface area contributed by atoms with Gasteiger partial charge in [-0.1, -0.05) is 13.8 Å². The lowest BCUT2D eigenvalue weighted by Gasteiger charge is -2.61. The lowest BCUT2D eigenvalue weighted by atomic mass is 9.44. The van der Waals surface area contributed by atoms with Crippen LogP contribution in [-0.4, -0.2) is 31.4 Å². The maximum Gasteiger partial charge on any atom is 0.319 e. The van der Waals surface area contributed by atoms with E-state index < -0.39 is 0 Å². The Morgan fingerprint density at radius 2 is 1.66 bits per heavy atom. The van der Waals surface area contributed by atoms with Crippen molar-refractivity contribution in [2.75, 3.05) is 13.7 Å². The molecule has 8 atom stereocenters. The van der Waals surface area contributed by atoms with Crippen molar-refractivity contribution in [1.29, 1.82) is 0 Å². The molecule has 0 aliphatic heterocycles. The third-order valence-electron chi connectivity index (χ3n) is 9.92. The summed E-state index contributed by atoms with van der Waals surface area (Å²) >= 11 is 0. The first-order valence-electron chi connectivity index (χ1n) is 11.6. The number of rotatable bonds is 4. The Kier molecular flexibility index (Phi) is 6.75. The van der Waals surface area contributed by atoms with E-state index in [2.05, 4.69) is 19.2 Å². The molecule has 4 saturated carbocycles. The zero-order chi connectivity index (χ0) is 20.1. The molecule has 4 aliphatic rings. The Balaban J connectivity index is 0.00000240. The number of nitrogens with one attached hydrogen (secondary N) is 1. The van der Waals surface area contributed by atoms with Crippen LogP contribution in [0.1, 0.15) is 78.6 Å². The van der Waals surface area contributed by atoms with Gasteiger partial charge in [0.1, 0.15) is 5.78 Å². The number of carbonyl (C=O) groups excluding carboxylic acids is 2. The van der Waals surface area contributed by atoms with Gasteiger partial charge in [0.15, 0.2) is 0 Å². The van der Waals surface area contributed by atoms with E-state index in [0.29, 0.717) is 29.7 Å². The lowest BCUT2D eigenvalue weighted by Crippen LogP contribution is -2.55. The number of hydrogen-bond acceptors (Lipinski definition) is 4. The minimum Gasteiger partial charge on any atom is -0.468 e. The van der Waals surface area contributed by atoms with Crippen LogP contribution in [0.15, 0.2) is 0 Å². The summed E-state index contributed by atoms with van der Waals surface area (Å²) in [6.45, 7) is 7.18. The molecule has 5 heteroatoms. The van der Waals surface area contributed by atoms with Crippen LogP contribution >= 0.6 is 12.4 Å². The molecule has 3 unspecified atom stereocenters. The van der Waals surface area contributed by atoms with Crippen molar-refractivity contribution in [3.63, 3.8) is 0 Å². The SMILES string of the molecule is COC(=O)CN[C@@H]1CC[C@]2(C)C3CC[C@@]4(C)C(CC[C@@H]4C(C)=O)C3CC[C@@H]2C1.Cl. The average molecular weight is 426 g/mol. The van der Waals surface area contributed by atoms with Gasteiger partial charge in [0, 0.05) is 12.0 Å². The lowest BCUT2D eigenvalue weighted by molar-refractivity contribution is -0.140. The smallest absolute Gasteiger partial charge is 0.319 e. The highest BCUT2D eigenvalue weighted by Gasteiger charge is 2.60. The van der Waals surface area contributed by atoms with Gasteiger partial charge in [0.25, 0.3) is 0 Å². The third-order valence-corrected chi connectivity index (χ3v) is 9.92. The molecule has 0 bridgehead atoms. The average Bonchev–Trinajstić information content (AvgIpc) is 3.03. The number of halogens is 1. The summed E-state index contributed by atoms with van der Waals surface area (Å²) in [5.74, 6) is 3.76. The molecule has 1 N–H and O–H groups in total. The van der Waals surface area contributed by atoms with Gasteiger partial charge in [0.05, 0.1) is 13.7 Å². The highest BCUT2D eigenvalue weighted by molar-refractivity contribution is 5.85. The van der Waals surface area contributed by atoms with Gasteiger partial charge in [0.2, 0.25) is 0 Å². The number of fused-ring (bicyclic) bond motifs is 5. The fourth-order valence-corrected chi connectivity index (χ4v) is 8.41. The van der Waals surface area contributed by atoms with Crippen molar-refractivity contribution < 1.29 is 14.3 Å². The van der Waals surface area contributed by atoms with Crippen LogP contribution in [0.4, 0.5) is 0 Å². The van der Waals surface area contributed by atoms with Gasteiger partial charge in [-0.2, -0.15) is 0 Å². The summed E-state index contributed by atoms with van der Waals surface area (Å²) in [7, 11) is 1.46. The second-order valence-corrected chi connectivity index (χ2v) is 10.9. The van der Waals surface area contributed by atoms with E-state index in [9.17, 15) is 9.59 Å². The second kappa shape index (κ2) is 8.49. The Labute approximate surface area is 182 Å². The molecule has 29 heavy (non-hydrogen) atoms. The molecule has 0 aromatic rings. The summed E-state index contributed by atoms with van der Waals surface area (Å²) in [5, 5.41) is 3.44. The van der Waals surface area contributed by atoms with E-state index in [1.807, 2.05) is 6.92 Å². The van der Waals surface area contributed by atoms with E-state index in [0.717, 1.165) is 30.1 Å². The fraction of sp³-hybridized carbons (Fsp3) is 0.917. The number of carbonyl (C=O) groups is 2. The van der Waals surface area contributed by atoms with E-state index >= 15 is 0 Å². The van der Waals surface area contributed by atoms with Gasteiger partial charge in [-0.25, -0.2) is 0 Å². The largest absolute Gasteiger partial charge is 0.468 e. The first-order chi connectivity index (χ1) is 13.3. The summed E-state index contributed by atoms with van der Waals surface area (Å²) in [4.78, 5) is 23.8. The molecule has 166 valence electrons. The summed E-state index contributed by atoms with van der Waals surface area (Å²) in [5.41, 5.74) is 0.706. The summed E-state index contributed by atoms with van der Waals surface area (Å²) < 4.78 is 4.79. The normalized spacial score (nSPS) is 45.9. The van der Waals surface area contributed by atoms with Gasteiger partial charge in [-0.3, -0.25) is 9.59 Å². The molecule has 0 aromatic heterocycles. The van der Waals surface area contributed by atoms with E-state index in [1.54, 1.807) is 0 Å². The van der Waals surface area contributed by atoms with Crippen molar-refractivity contribution in [3.05, 3.63) is 0 Å². The second-order valence-electron chi connectivity index (χ2n) is 10.9. The number of ketones is 1. The molecular weight excluding hydrogens is 386 g/mol. The first-order valence-corrected chi connectivity index (χ1v) is 11.6. The number of esters is 1. The molecule has 4 aliphatic carbocycles. The van der Waals surface area contributed by atoms with Gasteiger partial charge < -0.3 is 10.1 Å². The molecule has 0 heterocycles. The Morgan fingerprint density at radius 1 is 0.966 bits per heavy atom. The van der Waals surface area contributed by atoms with Crippen LogP contribution in [0.3, 0.4) is 0 Å². The molecule has 4 nitrogen and oxygen atoms in total. The molecule has 0 spiro atoms. The third kappa shape index (κ3) is 3.78. The fourth-order valence-electron chi connectivity index (χ4n) is 8.41. The predicted molar refractivity (Wildman–Crippen MR) is 117 cm³/mol. The van der Waals surface area contributed by atoms with Crippen molar-refractivity contribution in [3.8, 4) is 0 Å². The molecule has 0 aromatic carbocycles. The number of methoxy groups -OCH3 is 1. The number of Topliss-reactive ketones (excluding diaryl/α,β-unsaturated/α-hetero) is 1. The molecule has 0 amide bonds. The first kappa shape index (κ1) is 23.1. The zero-order valence-electron chi connectivity index (χ0n) is 18.7. The quantitative estimate of drug-likeness (QED) is 0.658. The van der Waals surface area contributed by atoms with Crippen molar-refractivity contribution in [2.24, 2.45) is 40.4 Å². The van der Waals surface area contributed by atoms with Crippen molar-refractivity contribution >= 4 is 24.2 Å². The maximum atomic E-state index is 12.3. The monoisotopic (exact) mass is 425 g/mol. The van der Waals surface area contributed by atoms with Gasteiger partial charge in [-0.15, -0.1) is 12.4 Å². The van der Waals surface area contributed by atoms with E-state index in [4.69, 9.17) is 4.74 Å². The van der Waals surface area contributed by atoms with Gasteiger partial charge in [-0.05, 0) is 99.2 Å². The minimum atomic E-state index is -0.162. The standard InChI is InChI=1S/C24H39NO3.ClH/c1-15(26)19-7-8-20-18-6-5-16-13-17(25-14-22(27)28-4)9-11-23(16,2)21(18)10-12-24(19,20)3;/h16-21,25H,5-14H2,1-4H3;1H/t16-,17-,18?,19-,20?,21?,23+,24-;/m1./s1. The molecular formula is C24H40ClNO3. The molecule has 0 radical (unpaired) electrons. The summed E-state index contributed by atoms with van der Waals surface area (Å²) in [6.07, 6.45) is 11.3. The van der Waals surface area contributed by atoms with E-state index in [1.165, 1.54) is 58.5 Å². The predicted octanol–water partition coefficient (Wildman–Crippen LogP) is 4.79. The van der Waals surface area contributed by atoms with Crippen LogP contribution in [-0.2, 0) is 14.3 Å². The van der Waals surface area contributed by atoms with Crippen LogP contribution in [0, 0.1) is 40.4 Å². The zero-order valence-corrected chi connectivity index (χ0v) is 19.5. The van der Waals surface area contributed by atoms with E-state index in [-0.39, 0.29) is 23.8 Å². The van der Waals surface area contributed by atoms with Crippen LogP contribution in [0.5, 0.6) is 0 Å². The minimum absolute atomic E-state index is 0. The van der Waals surface area contributed by atoms with Crippen LogP contribution < -0.4 is 5.32 Å². The molecule has 0 saturated heterocycles. The van der Waals surface area contributed by atoms with Crippen LogP contribution in [0.2, 0.25) is 0 Å². The van der Waals surface area contributed by atoms with Crippen molar-refractivity contribution in [1.82, 2.24) is 5.32 Å². The Bertz CT molecular complexity index is 640. The van der Waals surface area contributed by atoms with Gasteiger partial charge >= 0.3 is 5.97 Å². The highest BCUT2D eigenvalue weighted by Crippen LogP contribution is 2.67. The topological polar surface area (TPSA) is 55.4 Å². The molecule has 4 fully saturated rings. The highest BCUT2D eigenvalue weighted by atomic mass is 35.5. The Hall–Kier alpha value is -0.610. The maximum absolute atomic E-state index is 12.3. The molecule has 4 rings (SSSR count). The summed E-state index contributed by atoms with van der Waals surface area (Å²) in [6, 6.07) is 0.455. The number of hydrogen-bond donors (Lipinski definition) is 1.